The van der Waals surface area contributed by atoms with Crippen LogP contribution in [0, 0.1) is 6.92 Å². The summed E-state index contributed by atoms with van der Waals surface area (Å²) < 4.78 is 7.88. The second kappa shape index (κ2) is 7.09. The van der Waals surface area contributed by atoms with E-state index in [1.165, 1.54) is 44.0 Å². The fourth-order valence-electron chi connectivity index (χ4n) is 3.35. The Balaban J connectivity index is 1.45. The van der Waals surface area contributed by atoms with Crippen LogP contribution in [0.1, 0.15) is 43.4 Å². The number of anilines is 1. The van der Waals surface area contributed by atoms with Crippen molar-refractivity contribution in [3.8, 4) is 5.75 Å². The molecule has 1 N–H and O–H groups in total. The molecule has 0 atom stereocenters. The zero-order chi connectivity index (χ0) is 17.1. The molecule has 1 aliphatic carbocycles. The predicted molar refractivity (Wildman–Crippen MR) is 96.8 cm³/mol. The molecule has 3 aromatic rings. The van der Waals surface area contributed by atoms with Crippen LogP contribution in [0.5, 0.6) is 5.75 Å². The Hall–Kier alpha value is -2.63. The Morgan fingerprint density at radius 2 is 2.08 bits per heavy atom. The van der Waals surface area contributed by atoms with Gasteiger partial charge in [0.2, 0.25) is 0 Å². The first-order chi connectivity index (χ1) is 12.3. The lowest BCUT2D eigenvalue weighted by atomic mass is 9.98. The lowest BCUT2D eigenvalue weighted by Gasteiger charge is -2.23. The molecule has 6 nitrogen and oxygen atoms in total. The maximum Gasteiger partial charge on any atom is 0.254 e. The van der Waals surface area contributed by atoms with E-state index in [1.54, 1.807) is 4.52 Å². The molecule has 0 unspecified atom stereocenters. The minimum Gasteiger partial charge on any atom is -0.490 e. The van der Waals surface area contributed by atoms with E-state index in [0.29, 0.717) is 18.4 Å². The molecule has 0 saturated heterocycles. The Labute approximate surface area is 147 Å². The molecule has 6 heteroatoms. The molecule has 1 saturated carbocycles. The number of hydrogen-bond donors (Lipinski definition) is 1. The lowest BCUT2D eigenvalue weighted by molar-refractivity contribution is 0.155. The van der Waals surface area contributed by atoms with E-state index in [-0.39, 0.29) is 0 Å². The SMILES string of the molecule is Cc1cc(NCc2cccc(OC3CCCCC3)c2)n2ncnc2n1. The van der Waals surface area contributed by atoms with E-state index in [0.717, 1.165) is 17.3 Å². The maximum absolute atomic E-state index is 6.16. The largest absolute Gasteiger partial charge is 0.490 e. The number of benzene rings is 1. The summed E-state index contributed by atoms with van der Waals surface area (Å²) >= 11 is 0. The van der Waals surface area contributed by atoms with Crippen LogP contribution in [0.2, 0.25) is 0 Å². The number of aryl methyl sites for hydroxylation is 1. The third kappa shape index (κ3) is 3.73. The fourth-order valence-corrected chi connectivity index (χ4v) is 3.35. The van der Waals surface area contributed by atoms with E-state index in [1.807, 2.05) is 19.1 Å². The zero-order valence-corrected chi connectivity index (χ0v) is 14.5. The van der Waals surface area contributed by atoms with Gasteiger partial charge in [-0.1, -0.05) is 18.6 Å². The molecule has 2 aromatic heterocycles. The van der Waals surface area contributed by atoms with Gasteiger partial charge in [0.15, 0.2) is 0 Å². The number of aromatic nitrogens is 4. The summed E-state index contributed by atoms with van der Waals surface area (Å²) in [6, 6.07) is 10.3. The Bertz CT molecular complexity index is 854. The first-order valence-corrected chi connectivity index (χ1v) is 8.95. The van der Waals surface area contributed by atoms with Gasteiger partial charge < -0.3 is 10.1 Å². The second-order valence-electron chi connectivity index (χ2n) is 6.63. The zero-order valence-electron chi connectivity index (χ0n) is 14.5. The number of nitrogens with zero attached hydrogens (tertiary/aromatic N) is 4. The van der Waals surface area contributed by atoms with Crippen molar-refractivity contribution in [1.29, 1.82) is 0 Å². The Morgan fingerprint density at radius 3 is 2.96 bits per heavy atom. The average molecular weight is 337 g/mol. The van der Waals surface area contributed by atoms with E-state index < -0.39 is 0 Å². The molecule has 2 heterocycles. The third-order valence-electron chi connectivity index (χ3n) is 4.61. The highest BCUT2D eigenvalue weighted by atomic mass is 16.5. The van der Waals surface area contributed by atoms with Crippen molar-refractivity contribution in [3.63, 3.8) is 0 Å². The van der Waals surface area contributed by atoms with Gasteiger partial charge in [-0.25, -0.2) is 4.98 Å². The summed E-state index contributed by atoms with van der Waals surface area (Å²) in [7, 11) is 0. The Kier molecular flexibility index (Phi) is 4.50. The molecule has 0 bridgehead atoms. The first kappa shape index (κ1) is 15.9. The quantitative estimate of drug-likeness (QED) is 0.768. The highest BCUT2D eigenvalue weighted by Crippen LogP contribution is 2.24. The van der Waals surface area contributed by atoms with Crippen LogP contribution in [0.25, 0.3) is 5.78 Å². The van der Waals surface area contributed by atoms with E-state index >= 15 is 0 Å². The van der Waals surface area contributed by atoms with Crippen molar-refractivity contribution < 1.29 is 4.74 Å². The van der Waals surface area contributed by atoms with E-state index in [9.17, 15) is 0 Å². The van der Waals surface area contributed by atoms with Crippen molar-refractivity contribution >= 4 is 11.6 Å². The minimum atomic E-state index is 0.370. The van der Waals surface area contributed by atoms with Gasteiger partial charge >= 0.3 is 0 Å². The van der Waals surface area contributed by atoms with Crippen LogP contribution in [-0.2, 0) is 6.54 Å². The van der Waals surface area contributed by atoms with Crippen molar-refractivity contribution in [2.45, 2.75) is 51.7 Å². The van der Waals surface area contributed by atoms with Crippen molar-refractivity contribution in [1.82, 2.24) is 19.6 Å². The minimum absolute atomic E-state index is 0.370. The number of ether oxygens (including phenoxy) is 1. The molecule has 0 aliphatic heterocycles. The van der Waals surface area contributed by atoms with E-state index in [2.05, 4.69) is 38.6 Å². The van der Waals surface area contributed by atoms with Crippen molar-refractivity contribution in [2.24, 2.45) is 0 Å². The van der Waals surface area contributed by atoms with Gasteiger partial charge in [-0.3, -0.25) is 0 Å². The van der Waals surface area contributed by atoms with Crippen LogP contribution in [0.4, 0.5) is 5.82 Å². The standard InChI is InChI=1S/C19H23N5O/c1-14-10-18(24-19(23-14)21-13-22-24)20-12-15-6-5-9-17(11-15)25-16-7-3-2-4-8-16/h5-6,9-11,13,16,20H,2-4,7-8,12H2,1H3. The maximum atomic E-state index is 6.16. The molecule has 0 spiro atoms. The molecule has 1 fully saturated rings. The van der Waals surface area contributed by atoms with Gasteiger partial charge in [0.1, 0.15) is 17.9 Å². The smallest absolute Gasteiger partial charge is 0.254 e. The molecular weight excluding hydrogens is 314 g/mol. The van der Waals surface area contributed by atoms with Crippen LogP contribution >= 0.6 is 0 Å². The highest BCUT2D eigenvalue weighted by molar-refractivity contribution is 5.45. The topological polar surface area (TPSA) is 64.3 Å². The summed E-state index contributed by atoms with van der Waals surface area (Å²) in [6.07, 6.45) is 8.13. The molecule has 130 valence electrons. The number of fused-ring (bicyclic) bond motifs is 1. The van der Waals surface area contributed by atoms with Gasteiger partial charge in [-0.05, 0) is 50.3 Å². The second-order valence-corrected chi connectivity index (χ2v) is 6.63. The summed E-state index contributed by atoms with van der Waals surface area (Å²) in [5.74, 6) is 2.46. The molecule has 1 aliphatic rings. The van der Waals surface area contributed by atoms with Crippen LogP contribution in [-0.4, -0.2) is 25.7 Å². The monoisotopic (exact) mass is 337 g/mol. The van der Waals surface area contributed by atoms with Crippen LogP contribution < -0.4 is 10.1 Å². The van der Waals surface area contributed by atoms with Gasteiger partial charge in [0, 0.05) is 18.3 Å². The van der Waals surface area contributed by atoms with Gasteiger partial charge in [0.05, 0.1) is 6.10 Å². The fraction of sp³-hybridized carbons (Fsp3) is 0.421. The molecule has 1 aromatic carbocycles. The number of rotatable bonds is 5. The van der Waals surface area contributed by atoms with E-state index in [4.69, 9.17) is 4.74 Å². The predicted octanol–water partition coefficient (Wildman–Crippen LogP) is 3.76. The van der Waals surface area contributed by atoms with Gasteiger partial charge in [-0.2, -0.15) is 14.6 Å². The first-order valence-electron chi connectivity index (χ1n) is 8.95. The van der Waals surface area contributed by atoms with Crippen LogP contribution in [0.3, 0.4) is 0 Å². The van der Waals surface area contributed by atoms with Crippen molar-refractivity contribution in [3.05, 3.63) is 47.9 Å². The molecular formula is C19H23N5O. The number of hydrogen-bond acceptors (Lipinski definition) is 5. The average Bonchev–Trinajstić information content (AvgIpc) is 3.09. The molecule has 4 rings (SSSR count). The highest BCUT2D eigenvalue weighted by Gasteiger charge is 2.14. The molecule has 0 radical (unpaired) electrons. The summed E-state index contributed by atoms with van der Waals surface area (Å²) in [6.45, 7) is 2.65. The van der Waals surface area contributed by atoms with Crippen LogP contribution in [0.15, 0.2) is 36.7 Å². The summed E-state index contributed by atoms with van der Waals surface area (Å²) in [5.41, 5.74) is 2.09. The van der Waals surface area contributed by atoms with Gasteiger partial charge in [0.25, 0.3) is 5.78 Å². The van der Waals surface area contributed by atoms with Crippen molar-refractivity contribution in [2.75, 3.05) is 5.32 Å². The lowest BCUT2D eigenvalue weighted by Crippen LogP contribution is -2.19. The summed E-state index contributed by atoms with van der Waals surface area (Å²) in [5, 5.41) is 7.65. The molecule has 25 heavy (non-hydrogen) atoms. The Morgan fingerprint density at radius 1 is 1.20 bits per heavy atom. The molecule has 0 amide bonds. The normalized spacial score (nSPS) is 15.4. The number of nitrogens with one attached hydrogen (secondary N) is 1. The van der Waals surface area contributed by atoms with Gasteiger partial charge in [-0.15, -0.1) is 0 Å². The third-order valence-corrected chi connectivity index (χ3v) is 4.61. The summed E-state index contributed by atoms with van der Waals surface area (Å²) in [4.78, 5) is 8.51.